The first-order valence-corrected chi connectivity index (χ1v) is 30.4. The van der Waals surface area contributed by atoms with Crippen LogP contribution < -0.4 is 63.2 Å². The Kier molecular flexibility index (Phi) is 23.0. The van der Waals surface area contributed by atoms with Gasteiger partial charge in [-0.2, -0.15) is 0 Å². The first kappa shape index (κ1) is 71.2. The first-order chi connectivity index (χ1) is 44.7. The summed E-state index contributed by atoms with van der Waals surface area (Å²) in [6.07, 6.45) is -28.2. The van der Waals surface area contributed by atoms with Gasteiger partial charge in [-0.05, 0) is 37.1 Å². The van der Waals surface area contributed by atoms with Crippen LogP contribution in [0.5, 0.6) is 5.75 Å². The summed E-state index contributed by atoms with van der Waals surface area (Å²) in [7, 11) is 0. The number of ether oxygens (including phenoxy) is 7. The maximum atomic E-state index is 15.2. The van der Waals surface area contributed by atoms with Gasteiger partial charge in [0, 0.05) is 18.2 Å². The number of rotatable bonds is 17. The molecule has 0 radical (unpaired) electrons. The van der Waals surface area contributed by atoms with Crippen molar-refractivity contribution in [1.29, 1.82) is 0 Å². The first-order valence-electron chi connectivity index (χ1n) is 30.4. The highest BCUT2D eigenvalue weighted by Crippen LogP contribution is 2.41. The van der Waals surface area contributed by atoms with Crippen molar-refractivity contribution in [2.75, 3.05) is 46.1 Å². The number of nitrogens with zero attached hydrogens (tertiary/aromatic N) is 2. The zero-order valence-electron chi connectivity index (χ0n) is 51.0. The standard InChI is InChI=1S/C57H82N12O25/c1-21(23-7-5-4-6-8-23)33-49(85)63-25(13-22-9-11-24(12-10-22)88-54-46-45(93-57(2,3)94-46)44(31(20-73)91-54)92-53-43(82)41(80)39(78)30(19-72)90-53)48(84)67-34(36(75)26-14-61-55(58)65-26)51(87)68-35(50(86)64-27(17-70)47(83)60-16-32(74)66-33)37(76)28-15-62-56(59)69(28)52-42(81)40(79)38(77)29(18-71)89-52/h4-12,21,25-31,33-46,52-54,70-73,75-82H,13-20H2,1-3H3,(H11,58,59,60,61,62,63,64,65,66,67,68,74,83,84,85,86,87)/p+2/t21-,25-,26+,27?,28+,29+,30+,31-,33-,34+,35-,36-,37-,38+,39+,40+,41+,42+,43+,44-,45+,46-,52-,53+,54-/m1/s1. The molecule has 0 bridgehead atoms. The lowest BCUT2D eigenvalue weighted by Gasteiger charge is -2.45. The Bertz CT molecular complexity index is 3100. The molecule has 25 N–H and O–H groups in total. The van der Waals surface area contributed by atoms with Crippen LogP contribution in [0.4, 0.5) is 0 Å². The number of nitrogens with one attached hydrogen (secondary N) is 8. The number of aliphatic imine (C=N–C) groups is 1. The second-order valence-corrected chi connectivity index (χ2v) is 24.2. The molecule has 7 aliphatic rings. The van der Waals surface area contributed by atoms with Crippen molar-refractivity contribution in [3.63, 3.8) is 0 Å². The third-order valence-corrected chi connectivity index (χ3v) is 17.4. The molecule has 2 aromatic rings. The van der Waals surface area contributed by atoms with E-state index in [-0.39, 0.29) is 29.8 Å². The molecule has 4 amide bonds. The van der Waals surface area contributed by atoms with Crippen molar-refractivity contribution < 1.29 is 138 Å². The Labute approximate surface area is 535 Å². The van der Waals surface area contributed by atoms with Crippen LogP contribution in [0.3, 0.4) is 0 Å². The fourth-order valence-corrected chi connectivity index (χ4v) is 12.2. The SMILES string of the molecule is C[C@H](c1ccccc1)[C@H]1N=C([O-])C[NH+]=C(O)C(CO)NC(=O)[C@@H]([C@H](O)[C@@H]2CNC(N)=[N+]2[C@@H]2O[C@@H](CO)[C@H](O)[C@H](O)[C@@H]2O)NC(=O)[C@H]([C@H](O)[C@@H]2C[NH+]=C(N)N2)NC(=O)[C@@H](Cc2ccc(O[C@@H]3O[C@H](CO)[C@@H](O[C@@H]4O[C@@H](CO)[C@H](O)[C@H](O)[C@@H]4O)[C@@H]4OC(C)(C)O[C@@H]34)cc2)NC1=O. The number of aliphatic hydroxyl groups excluding tert-OH is 13. The van der Waals surface area contributed by atoms with E-state index >= 15 is 9.59 Å². The van der Waals surface area contributed by atoms with Gasteiger partial charge in [-0.1, -0.05) is 49.4 Å². The number of hydrogen-bond acceptors (Lipinski definition) is 29. The summed E-state index contributed by atoms with van der Waals surface area (Å²) < 4.78 is 43.2. The lowest BCUT2D eigenvalue weighted by atomic mass is 9.92. The van der Waals surface area contributed by atoms with Crippen LogP contribution in [0.2, 0.25) is 0 Å². The molecular formula is C57H84N12O25+2. The Hall–Kier alpha value is -7.12. The van der Waals surface area contributed by atoms with E-state index in [9.17, 15) is 81.1 Å². The van der Waals surface area contributed by atoms with Gasteiger partial charge in [-0.15, -0.1) is 0 Å². The second-order valence-electron chi connectivity index (χ2n) is 24.2. The van der Waals surface area contributed by atoms with Crippen LogP contribution in [0, 0.1) is 0 Å². The fourth-order valence-electron chi connectivity index (χ4n) is 12.2. The molecular weight excluding hydrogens is 1250 g/mol. The van der Waals surface area contributed by atoms with Gasteiger partial charge in [-0.25, -0.2) is 9.57 Å². The predicted molar refractivity (Wildman–Crippen MR) is 312 cm³/mol. The Morgan fingerprint density at radius 1 is 0.691 bits per heavy atom. The molecule has 25 atom stereocenters. The van der Waals surface area contributed by atoms with Gasteiger partial charge in [0.05, 0.1) is 33.0 Å². The van der Waals surface area contributed by atoms with Crippen molar-refractivity contribution in [2.45, 2.75) is 185 Å². The highest BCUT2D eigenvalue weighted by molar-refractivity contribution is 5.97. The number of carbonyl (C=O) groups is 4. The second kappa shape index (κ2) is 30.3. The molecule has 37 heteroatoms. The van der Waals surface area contributed by atoms with Crippen molar-refractivity contribution in [3.8, 4) is 5.75 Å². The molecule has 2 aromatic carbocycles. The van der Waals surface area contributed by atoms with E-state index in [4.69, 9.17) is 44.6 Å². The van der Waals surface area contributed by atoms with Crippen molar-refractivity contribution >= 4 is 47.3 Å². The van der Waals surface area contributed by atoms with Gasteiger partial charge in [0.2, 0.25) is 36.1 Å². The lowest BCUT2D eigenvalue weighted by Crippen LogP contribution is -2.80. The van der Waals surface area contributed by atoms with Gasteiger partial charge >= 0.3 is 17.8 Å². The van der Waals surface area contributed by atoms with Crippen LogP contribution in [0.1, 0.15) is 37.8 Å². The molecule has 7 aliphatic heterocycles. The quantitative estimate of drug-likeness (QED) is 0.0654. The van der Waals surface area contributed by atoms with Gasteiger partial charge in [0.1, 0.15) is 128 Å². The van der Waals surface area contributed by atoms with Crippen LogP contribution in [0.15, 0.2) is 59.6 Å². The highest BCUT2D eigenvalue weighted by Gasteiger charge is 2.59. The van der Waals surface area contributed by atoms with Crippen LogP contribution in [-0.2, 0) is 54.0 Å². The highest BCUT2D eigenvalue weighted by atomic mass is 16.8. The molecule has 4 fully saturated rings. The predicted octanol–water partition coefficient (Wildman–Crippen LogP) is -15.9. The normalized spacial score (nSPS) is 37.9. The summed E-state index contributed by atoms with van der Waals surface area (Å²) in [6, 6.07) is 1.75. The molecule has 1 unspecified atom stereocenters. The maximum absolute atomic E-state index is 15.2. The van der Waals surface area contributed by atoms with Crippen LogP contribution in [-0.4, -0.2) is 317 Å². The number of amides is 4. The number of hydrogen-bond donors (Lipinski definition) is 23. The maximum Gasteiger partial charge on any atom is 0.358 e. The number of carbonyl (C=O) groups excluding carboxylic acids is 4. The third kappa shape index (κ3) is 15.6. The van der Waals surface area contributed by atoms with Crippen LogP contribution >= 0.6 is 0 Å². The summed E-state index contributed by atoms with van der Waals surface area (Å²) >= 11 is 0. The number of nitrogens with two attached hydrogens (primary N) is 2. The summed E-state index contributed by atoms with van der Waals surface area (Å²) in [5.41, 5.74) is 13.1. The molecule has 4 saturated heterocycles. The third-order valence-electron chi connectivity index (χ3n) is 17.4. The molecule has 0 spiro atoms. The van der Waals surface area contributed by atoms with Crippen LogP contribution in [0.25, 0.3) is 0 Å². The van der Waals surface area contributed by atoms with E-state index in [1.165, 1.54) is 24.3 Å². The summed E-state index contributed by atoms with van der Waals surface area (Å²) in [5, 5.41) is 170. The van der Waals surface area contributed by atoms with E-state index in [1.807, 2.05) is 0 Å². The minimum atomic E-state index is -2.28. The van der Waals surface area contributed by atoms with Crippen molar-refractivity contribution in [2.24, 2.45) is 16.5 Å². The van der Waals surface area contributed by atoms with E-state index in [2.05, 4.69) is 46.9 Å². The van der Waals surface area contributed by atoms with E-state index in [0.717, 1.165) is 4.58 Å². The number of fused-ring (bicyclic) bond motifs is 1. The fraction of sp³-hybridized carbons (Fsp3) is 0.649. The smallest absolute Gasteiger partial charge is 0.358 e. The summed E-state index contributed by atoms with van der Waals surface area (Å²) in [5.74, 6) is -9.51. The van der Waals surface area contributed by atoms with Crippen molar-refractivity contribution in [3.05, 3.63) is 65.7 Å². The topological polar surface area (TPSA) is 586 Å². The summed E-state index contributed by atoms with van der Waals surface area (Å²) in [4.78, 5) is 69.2. The average Bonchev–Trinajstić information content (AvgIpc) is 1.58. The molecule has 7 heterocycles. The molecule has 0 saturated carbocycles. The zero-order chi connectivity index (χ0) is 68.2. The number of guanidine groups is 2. The number of aliphatic hydroxyl groups is 13. The monoisotopic (exact) mass is 1340 g/mol. The van der Waals surface area contributed by atoms with E-state index < -0.39 is 240 Å². The van der Waals surface area contributed by atoms with E-state index in [1.54, 1.807) is 51.1 Å². The van der Waals surface area contributed by atoms with Gasteiger partial charge in [0.25, 0.3) is 0 Å². The van der Waals surface area contributed by atoms with E-state index in [0.29, 0.717) is 5.56 Å². The molecule has 9 rings (SSSR count). The largest absolute Gasteiger partial charge is 0.858 e. The zero-order valence-corrected chi connectivity index (χ0v) is 51.0. The molecule has 0 aromatic heterocycles. The Morgan fingerprint density at radius 3 is 1.93 bits per heavy atom. The minimum absolute atomic E-state index is 0.0604. The Balaban J connectivity index is 1.05. The molecule has 520 valence electrons. The van der Waals surface area contributed by atoms with Crippen molar-refractivity contribution in [1.82, 2.24) is 31.9 Å². The minimum Gasteiger partial charge on any atom is -0.858 e. The summed E-state index contributed by atoms with van der Waals surface area (Å²) in [6.45, 7) is -0.157. The van der Waals surface area contributed by atoms with Gasteiger partial charge < -0.3 is 126 Å². The average molecular weight is 1340 g/mol. The Morgan fingerprint density at radius 2 is 1.29 bits per heavy atom. The molecule has 0 aliphatic carbocycles. The molecule has 94 heavy (non-hydrogen) atoms. The number of benzene rings is 2. The molecule has 37 nitrogen and oxygen atoms in total. The van der Waals surface area contributed by atoms with Gasteiger partial charge in [-0.3, -0.25) is 51.3 Å². The lowest BCUT2D eigenvalue weighted by molar-refractivity contribution is -0.663. The van der Waals surface area contributed by atoms with Gasteiger partial charge in [0.15, 0.2) is 30.8 Å².